The molecule has 0 spiro atoms. The van der Waals surface area contributed by atoms with Gasteiger partial charge in [0.1, 0.15) is 5.76 Å². The number of benzene rings is 1. The van der Waals surface area contributed by atoms with Crippen molar-refractivity contribution < 1.29 is 22.4 Å². The van der Waals surface area contributed by atoms with Gasteiger partial charge in [-0.2, -0.15) is 13.2 Å². The van der Waals surface area contributed by atoms with E-state index in [9.17, 15) is 18.0 Å². The Labute approximate surface area is 168 Å². The predicted octanol–water partition coefficient (Wildman–Crippen LogP) is 4.92. The fraction of sp³-hybridized carbons (Fsp3) is 0.0952. The summed E-state index contributed by atoms with van der Waals surface area (Å²) in [4.78, 5) is 21.2. The molecule has 0 aliphatic rings. The molecule has 1 amide bonds. The van der Waals surface area contributed by atoms with E-state index in [4.69, 9.17) is 4.42 Å². The number of nitrogens with zero attached hydrogens (tertiary/aromatic N) is 2. The third kappa shape index (κ3) is 4.24. The lowest BCUT2D eigenvalue weighted by molar-refractivity contribution is -0.137. The number of furan rings is 1. The van der Waals surface area contributed by atoms with Crippen molar-refractivity contribution in [2.45, 2.75) is 12.7 Å². The first-order chi connectivity index (χ1) is 14.4. The van der Waals surface area contributed by atoms with Crippen molar-refractivity contribution in [2.24, 2.45) is 0 Å². The van der Waals surface area contributed by atoms with Crippen LogP contribution < -0.4 is 10.6 Å². The van der Waals surface area contributed by atoms with E-state index in [1.807, 2.05) is 0 Å². The molecule has 0 aliphatic carbocycles. The quantitative estimate of drug-likeness (QED) is 0.487. The minimum Gasteiger partial charge on any atom is -0.467 e. The molecule has 0 bridgehead atoms. The van der Waals surface area contributed by atoms with Crippen LogP contribution in [0, 0.1) is 0 Å². The third-order valence-corrected chi connectivity index (χ3v) is 4.32. The van der Waals surface area contributed by atoms with Crippen molar-refractivity contribution in [3.05, 3.63) is 84.2 Å². The molecule has 9 heteroatoms. The molecule has 0 aliphatic heterocycles. The highest BCUT2D eigenvalue weighted by Crippen LogP contribution is 2.31. The van der Waals surface area contributed by atoms with E-state index in [1.54, 1.807) is 36.7 Å². The van der Waals surface area contributed by atoms with Gasteiger partial charge in [-0.25, -0.2) is 4.98 Å². The summed E-state index contributed by atoms with van der Waals surface area (Å²) >= 11 is 0. The first kappa shape index (κ1) is 19.4. The van der Waals surface area contributed by atoms with Crippen LogP contribution in [0.4, 0.5) is 24.5 Å². The minimum absolute atomic E-state index is 0.0974. The molecule has 3 aromatic heterocycles. The van der Waals surface area contributed by atoms with E-state index < -0.39 is 17.6 Å². The highest BCUT2D eigenvalue weighted by atomic mass is 19.4. The maximum atomic E-state index is 12.8. The topological polar surface area (TPSA) is 80.1 Å². The van der Waals surface area contributed by atoms with Crippen LogP contribution in [0.25, 0.3) is 10.9 Å². The fourth-order valence-electron chi connectivity index (χ4n) is 2.85. The molecule has 152 valence electrons. The number of halogens is 3. The number of aromatic nitrogens is 2. The molecule has 1 aromatic carbocycles. The summed E-state index contributed by atoms with van der Waals surface area (Å²) in [6.07, 6.45) is 0.222. The van der Waals surface area contributed by atoms with Gasteiger partial charge >= 0.3 is 6.18 Å². The predicted molar refractivity (Wildman–Crippen MR) is 104 cm³/mol. The average Bonchev–Trinajstić information content (AvgIpc) is 3.25. The number of hydrogen-bond donors (Lipinski definition) is 2. The fourth-order valence-corrected chi connectivity index (χ4v) is 2.85. The molecule has 0 atom stereocenters. The van der Waals surface area contributed by atoms with Gasteiger partial charge in [0.2, 0.25) is 0 Å². The van der Waals surface area contributed by atoms with Gasteiger partial charge in [0.25, 0.3) is 5.91 Å². The lowest BCUT2D eigenvalue weighted by Crippen LogP contribution is -2.24. The number of alkyl halides is 3. The highest BCUT2D eigenvalue weighted by molar-refractivity contribution is 6.01. The van der Waals surface area contributed by atoms with Crippen LogP contribution in [-0.4, -0.2) is 15.9 Å². The summed E-state index contributed by atoms with van der Waals surface area (Å²) in [7, 11) is 0. The van der Waals surface area contributed by atoms with E-state index in [1.165, 1.54) is 18.4 Å². The van der Waals surface area contributed by atoms with E-state index in [0.29, 0.717) is 28.0 Å². The number of hydrogen-bond acceptors (Lipinski definition) is 5. The molecule has 30 heavy (non-hydrogen) atoms. The molecule has 4 aromatic rings. The van der Waals surface area contributed by atoms with Crippen molar-refractivity contribution in [1.29, 1.82) is 0 Å². The Morgan fingerprint density at radius 2 is 1.90 bits per heavy atom. The lowest BCUT2D eigenvalue weighted by atomic mass is 10.1. The second kappa shape index (κ2) is 7.86. The lowest BCUT2D eigenvalue weighted by Gasteiger charge is -2.14. The largest absolute Gasteiger partial charge is 0.467 e. The number of amides is 1. The van der Waals surface area contributed by atoms with Crippen molar-refractivity contribution in [2.75, 3.05) is 5.32 Å². The van der Waals surface area contributed by atoms with Crippen molar-refractivity contribution in [1.82, 2.24) is 15.3 Å². The Morgan fingerprint density at radius 3 is 2.60 bits per heavy atom. The first-order valence-corrected chi connectivity index (χ1v) is 8.90. The van der Waals surface area contributed by atoms with Crippen LogP contribution in [0.5, 0.6) is 0 Å². The monoisotopic (exact) mass is 412 g/mol. The van der Waals surface area contributed by atoms with Gasteiger partial charge < -0.3 is 15.1 Å². The number of fused-ring (bicyclic) bond motifs is 1. The third-order valence-electron chi connectivity index (χ3n) is 4.32. The van der Waals surface area contributed by atoms with Crippen LogP contribution in [-0.2, 0) is 12.7 Å². The van der Waals surface area contributed by atoms with Crippen molar-refractivity contribution in [3.8, 4) is 0 Å². The van der Waals surface area contributed by atoms with Gasteiger partial charge in [-0.1, -0.05) is 0 Å². The highest BCUT2D eigenvalue weighted by Gasteiger charge is 2.30. The molecular weight excluding hydrogens is 397 g/mol. The maximum Gasteiger partial charge on any atom is 0.416 e. The SMILES string of the molecule is O=C(NCc1ccco1)c1nc2ccncc2cc1Nc1ccc(C(F)(F)F)cc1. The molecule has 6 nitrogen and oxygen atoms in total. The van der Waals surface area contributed by atoms with E-state index in [0.717, 1.165) is 12.1 Å². The van der Waals surface area contributed by atoms with E-state index >= 15 is 0 Å². The summed E-state index contributed by atoms with van der Waals surface area (Å²) < 4.78 is 43.6. The van der Waals surface area contributed by atoms with Gasteiger partial charge in [-0.3, -0.25) is 9.78 Å². The molecule has 0 unspecified atom stereocenters. The molecular formula is C21H15F3N4O2. The normalized spacial score (nSPS) is 11.4. The van der Waals surface area contributed by atoms with Gasteiger partial charge in [-0.15, -0.1) is 0 Å². The Morgan fingerprint density at radius 1 is 1.10 bits per heavy atom. The Balaban J connectivity index is 1.65. The second-order valence-corrected chi connectivity index (χ2v) is 6.42. The van der Waals surface area contributed by atoms with Gasteiger partial charge in [0, 0.05) is 23.5 Å². The Hall–Kier alpha value is -3.88. The zero-order valence-electron chi connectivity index (χ0n) is 15.4. The molecule has 2 N–H and O–H groups in total. The van der Waals surface area contributed by atoms with Gasteiger partial charge in [0.15, 0.2) is 5.69 Å². The van der Waals surface area contributed by atoms with Gasteiger partial charge in [0.05, 0.1) is 29.6 Å². The number of anilines is 2. The molecule has 0 fully saturated rings. The number of nitrogens with one attached hydrogen (secondary N) is 2. The summed E-state index contributed by atoms with van der Waals surface area (Å²) in [6, 6.07) is 11.3. The van der Waals surface area contributed by atoms with Crippen LogP contribution in [0.3, 0.4) is 0 Å². The summed E-state index contributed by atoms with van der Waals surface area (Å²) in [5.41, 5.74) is 0.622. The zero-order valence-corrected chi connectivity index (χ0v) is 15.4. The zero-order chi connectivity index (χ0) is 21.1. The Bertz CT molecular complexity index is 1170. The first-order valence-electron chi connectivity index (χ1n) is 8.90. The number of pyridine rings is 2. The molecule has 0 saturated heterocycles. The van der Waals surface area contributed by atoms with E-state index in [2.05, 4.69) is 20.6 Å². The summed E-state index contributed by atoms with van der Waals surface area (Å²) in [5.74, 6) is 0.116. The maximum absolute atomic E-state index is 12.8. The number of rotatable bonds is 5. The summed E-state index contributed by atoms with van der Waals surface area (Å²) in [5, 5.41) is 6.37. The van der Waals surface area contributed by atoms with E-state index in [-0.39, 0.29) is 12.2 Å². The smallest absolute Gasteiger partial charge is 0.416 e. The standard InChI is InChI=1S/C21H15F3N4O2/c22-21(23,24)14-3-5-15(6-4-14)27-18-10-13-11-25-8-7-17(13)28-19(18)20(29)26-12-16-2-1-9-30-16/h1-11,27H,12H2,(H,26,29). The second-order valence-electron chi connectivity index (χ2n) is 6.42. The molecule has 4 rings (SSSR count). The van der Waals surface area contributed by atoms with Crippen LogP contribution in [0.2, 0.25) is 0 Å². The Kier molecular flexibility index (Phi) is 5.09. The molecule has 0 saturated carbocycles. The van der Waals surface area contributed by atoms with Crippen LogP contribution >= 0.6 is 0 Å². The number of carbonyl (C=O) groups excluding carboxylic acids is 1. The van der Waals surface area contributed by atoms with Crippen molar-refractivity contribution in [3.63, 3.8) is 0 Å². The summed E-state index contributed by atoms with van der Waals surface area (Å²) in [6.45, 7) is 0.168. The molecule has 0 radical (unpaired) electrons. The van der Waals surface area contributed by atoms with Crippen LogP contribution in [0.1, 0.15) is 21.8 Å². The van der Waals surface area contributed by atoms with Crippen molar-refractivity contribution >= 4 is 28.2 Å². The van der Waals surface area contributed by atoms with Gasteiger partial charge in [-0.05, 0) is 48.5 Å². The minimum atomic E-state index is -4.42. The number of carbonyl (C=O) groups is 1. The molecule has 3 heterocycles. The van der Waals surface area contributed by atoms with Crippen LogP contribution in [0.15, 0.2) is 71.6 Å². The average molecular weight is 412 g/mol.